The van der Waals surface area contributed by atoms with Crippen LogP contribution in [0.3, 0.4) is 0 Å². The summed E-state index contributed by atoms with van der Waals surface area (Å²) in [5.41, 5.74) is 9.07. The van der Waals surface area contributed by atoms with E-state index in [0.29, 0.717) is 24.9 Å². The van der Waals surface area contributed by atoms with Crippen LogP contribution in [-0.2, 0) is 6.54 Å². The van der Waals surface area contributed by atoms with Crippen LogP contribution in [0.15, 0.2) is 30.5 Å². The molecule has 3 aromatic rings. The second-order valence-electron chi connectivity index (χ2n) is 6.65. The van der Waals surface area contributed by atoms with Crippen molar-refractivity contribution >= 4 is 21.9 Å². The summed E-state index contributed by atoms with van der Waals surface area (Å²) >= 11 is 0. The molecule has 4 rings (SSSR count). The molecule has 122 valence electrons. The summed E-state index contributed by atoms with van der Waals surface area (Å²) in [5.74, 6) is 1.48. The van der Waals surface area contributed by atoms with Crippen molar-refractivity contribution in [1.82, 2.24) is 14.5 Å². The number of fused-ring (bicyclic) bond motifs is 3. The number of para-hydroxylation sites is 1. The van der Waals surface area contributed by atoms with Crippen LogP contribution in [0.25, 0.3) is 21.9 Å². The van der Waals surface area contributed by atoms with Crippen molar-refractivity contribution in [2.45, 2.75) is 44.7 Å². The van der Waals surface area contributed by atoms with Crippen LogP contribution in [0.1, 0.15) is 44.0 Å². The Hall–Kier alpha value is -2.45. The average molecular weight is 319 g/mol. The number of hydrogen-bond donors (Lipinski definition) is 1. The second kappa shape index (κ2) is 6.21. The Morgan fingerprint density at radius 3 is 2.71 bits per heavy atom. The highest BCUT2D eigenvalue weighted by Crippen LogP contribution is 2.37. The zero-order valence-electron chi connectivity index (χ0n) is 13.7. The predicted octanol–water partition coefficient (Wildman–Crippen LogP) is 3.69. The molecule has 5 heteroatoms. The summed E-state index contributed by atoms with van der Waals surface area (Å²) < 4.78 is 2.35. The van der Waals surface area contributed by atoms with E-state index in [1.165, 1.54) is 0 Å². The van der Waals surface area contributed by atoms with E-state index in [2.05, 4.69) is 21.7 Å². The number of rotatable bonds is 3. The fourth-order valence-electron chi connectivity index (χ4n) is 4.05. The molecule has 0 amide bonds. The first-order valence-corrected chi connectivity index (χ1v) is 8.63. The van der Waals surface area contributed by atoms with Crippen molar-refractivity contribution < 1.29 is 0 Å². The third-order valence-corrected chi connectivity index (χ3v) is 5.24. The molecule has 1 aromatic carbocycles. The highest BCUT2D eigenvalue weighted by Gasteiger charge is 2.26. The first-order valence-electron chi connectivity index (χ1n) is 8.63. The van der Waals surface area contributed by atoms with Crippen molar-refractivity contribution in [2.75, 3.05) is 0 Å². The maximum Gasteiger partial charge on any atom is 0.124 e. The molecule has 0 spiro atoms. The Bertz CT molecular complexity index is 913. The minimum Gasteiger partial charge on any atom is -0.324 e. The third-order valence-electron chi connectivity index (χ3n) is 5.24. The molecule has 1 aliphatic rings. The zero-order chi connectivity index (χ0) is 16.5. The van der Waals surface area contributed by atoms with E-state index in [1.54, 1.807) is 0 Å². The van der Waals surface area contributed by atoms with Gasteiger partial charge in [0.1, 0.15) is 11.3 Å². The normalized spacial score (nSPS) is 21.2. The van der Waals surface area contributed by atoms with Gasteiger partial charge in [-0.3, -0.25) is 4.98 Å². The zero-order valence-corrected chi connectivity index (χ0v) is 13.7. The van der Waals surface area contributed by atoms with Gasteiger partial charge in [-0.2, -0.15) is 5.26 Å². The number of pyridine rings is 1. The molecule has 1 saturated carbocycles. The standard InChI is InChI=1S/C19H21N5/c20-10-9-13-5-7-14(8-6-13)24-18(11-21)23-17-12-22-16-4-2-1-3-15(16)19(17)24/h1-4,12-14H,5-9,11,21H2. The van der Waals surface area contributed by atoms with E-state index in [0.717, 1.165) is 53.4 Å². The molecular weight excluding hydrogens is 298 g/mol. The highest BCUT2D eigenvalue weighted by atomic mass is 15.1. The van der Waals surface area contributed by atoms with Gasteiger partial charge < -0.3 is 10.3 Å². The lowest BCUT2D eigenvalue weighted by Crippen LogP contribution is -2.21. The van der Waals surface area contributed by atoms with Crippen molar-refractivity contribution in [3.05, 3.63) is 36.3 Å². The number of nitrogens with two attached hydrogens (primary N) is 1. The molecule has 2 N–H and O–H groups in total. The van der Waals surface area contributed by atoms with Crippen molar-refractivity contribution in [1.29, 1.82) is 5.26 Å². The molecule has 0 aliphatic heterocycles. The van der Waals surface area contributed by atoms with E-state index in [1.807, 2.05) is 24.4 Å². The summed E-state index contributed by atoms with van der Waals surface area (Å²) in [7, 11) is 0. The molecule has 0 unspecified atom stereocenters. The number of hydrogen-bond acceptors (Lipinski definition) is 4. The molecule has 0 bridgehead atoms. The van der Waals surface area contributed by atoms with Gasteiger partial charge in [-0.1, -0.05) is 18.2 Å². The molecular formula is C19H21N5. The monoisotopic (exact) mass is 319 g/mol. The maximum absolute atomic E-state index is 8.92. The molecule has 24 heavy (non-hydrogen) atoms. The quantitative estimate of drug-likeness (QED) is 0.798. The number of nitriles is 1. The SMILES string of the molecule is N#CCC1CCC(n2c(CN)nc3cnc4ccccc4c32)CC1. The summed E-state index contributed by atoms with van der Waals surface area (Å²) in [6.45, 7) is 0.432. The van der Waals surface area contributed by atoms with Crippen LogP contribution >= 0.6 is 0 Å². The van der Waals surface area contributed by atoms with Gasteiger partial charge in [0.25, 0.3) is 0 Å². The Balaban J connectivity index is 1.82. The van der Waals surface area contributed by atoms with Crippen molar-refractivity contribution in [2.24, 2.45) is 11.7 Å². The summed E-state index contributed by atoms with van der Waals surface area (Å²) in [5, 5.41) is 10.1. The Labute approximate surface area is 141 Å². The lowest BCUT2D eigenvalue weighted by molar-refractivity contribution is 0.278. The molecule has 2 heterocycles. The lowest BCUT2D eigenvalue weighted by atomic mass is 9.84. The molecule has 1 fully saturated rings. The van der Waals surface area contributed by atoms with Crippen molar-refractivity contribution in [3.63, 3.8) is 0 Å². The highest BCUT2D eigenvalue weighted by molar-refractivity contribution is 6.02. The van der Waals surface area contributed by atoms with Crippen LogP contribution in [0.4, 0.5) is 0 Å². The summed E-state index contributed by atoms with van der Waals surface area (Å²) in [6, 6.07) is 10.9. The van der Waals surface area contributed by atoms with Gasteiger partial charge in [0.05, 0.1) is 29.8 Å². The van der Waals surface area contributed by atoms with Gasteiger partial charge in [0.15, 0.2) is 0 Å². The number of imidazole rings is 1. The van der Waals surface area contributed by atoms with Crippen LogP contribution < -0.4 is 5.73 Å². The van der Waals surface area contributed by atoms with E-state index in [4.69, 9.17) is 16.0 Å². The molecule has 0 saturated heterocycles. The van der Waals surface area contributed by atoms with E-state index < -0.39 is 0 Å². The van der Waals surface area contributed by atoms with Crippen LogP contribution in [0.2, 0.25) is 0 Å². The smallest absolute Gasteiger partial charge is 0.124 e. The number of benzene rings is 1. The first kappa shape index (κ1) is 15.1. The largest absolute Gasteiger partial charge is 0.324 e. The van der Waals surface area contributed by atoms with Crippen LogP contribution in [-0.4, -0.2) is 14.5 Å². The number of aromatic nitrogens is 3. The molecule has 5 nitrogen and oxygen atoms in total. The van der Waals surface area contributed by atoms with Gasteiger partial charge in [0.2, 0.25) is 0 Å². The van der Waals surface area contributed by atoms with Gasteiger partial charge in [-0.05, 0) is 37.7 Å². The molecule has 0 radical (unpaired) electrons. The summed E-state index contributed by atoms with van der Waals surface area (Å²) in [6.07, 6.45) is 6.90. The van der Waals surface area contributed by atoms with Gasteiger partial charge in [-0.25, -0.2) is 4.98 Å². The van der Waals surface area contributed by atoms with Gasteiger partial charge in [-0.15, -0.1) is 0 Å². The Kier molecular flexibility index (Phi) is 3.91. The average Bonchev–Trinajstić information content (AvgIpc) is 3.02. The topological polar surface area (TPSA) is 80.5 Å². The van der Waals surface area contributed by atoms with Crippen LogP contribution in [0.5, 0.6) is 0 Å². The molecule has 0 atom stereocenters. The fourth-order valence-corrected chi connectivity index (χ4v) is 4.05. The van der Waals surface area contributed by atoms with Gasteiger partial charge >= 0.3 is 0 Å². The fraction of sp³-hybridized carbons (Fsp3) is 0.421. The van der Waals surface area contributed by atoms with E-state index >= 15 is 0 Å². The van der Waals surface area contributed by atoms with E-state index in [9.17, 15) is 0 Å². The Morgan fingerprint density at radius 2 is 1.96 bits per heavy atom. The predicted molar refractivity (Wildman–Crippen MR) is 94.2 cm³/mol. The lowest BCUT2D eigenvalue weighted by Gasteiger charge is -2.29. The van der Waals surface area contributed by atoms with Gasteiger partial charge in [0, 0.05) is 17.8 Å². The van der Waals surface area contributed by atoms with E-state index in [-0.39, 0.29) is 0 Å². The summed E-state index contributed by atoms with van der Waals surface area (Å²) in [4.78, 5) is 9.26. The minimum atomic E-state index is 0.411. The first-order chi connectivity index (χ1) is 11.8. The second-order valence-corrected chi connectivity index (χ2v) is 6.65. The van der Waals surface area contributed by atoms with Crippen molar-refractivity contribution in [3.8, 4) is 6.07 Å². The molecule has 1 aliphatic carbocycles. The maximum atomic E-state index is 8.92. The Morgan fingerprint density at radius 1 is 1.17 bits per heavy atom. The third kappa shape index (κ3) is 2.44. The number of nitrogens with zero attached hydrogens (tertiary/aromatic N) is 4. The minimum absolute atomic E-state index is 0.411. The van der Waals surface area contributed by atoms with Crippen LogP contribution in [0, 0.1) is 17.2 Å². The molecule has 2 aromatic heterocycles.